The van der Waals surface area contributed by atoms with Crippen molar-refractivity contribution in [3.05, 3.63) is 45.9 Å². The molecule has 0 saturated carbocycles. The topological polar surface area (TPSA) is 93.0 Å². The van der Waals surface area contributed by atoms with E-state index in [0.717, 1.165) is 16.8 Å². The van der Waals surface area contributed by atoms with E-state index in [-0.39, 0.29) is 5.65 Å². The van der Waals surface area contributed by atoms with Crippen LogP contribution in [0.25, 0.3) is 11.0 Å². The molecule has 2 aromatic heterocycles. The number of alkyl halides is 6. The average molecular weight is 422 g/mol. The summed E-state index contributed by atoms with van der Waals surface area (Å²) in [5.74, 6) is -0.483. The molecule has 0 aliphatic heterocycles. The van der Waals surface area contributed by atoms with Crippen molar-refractivity contribution < 1.29 is 36.2 Å². The van der Waals surface area contributed by atoms with Crippen molar-refractivity contribution in [2.75, 3.05) is 0 Å². The van der Waals surface area contributed by atoms with Crippen LogP contribution in [0.5, 0.6) is 11.8 Å². The molecule has 0 fully saturated rings. The molecule has 2 heterocycles. The van der Waals surface area contributed by atoms with E-state index < -0.39 is 53.4 Å². The summed E-state index contributed by atoms with van der Waals surface area (Å²) in [4.78, 5) is 17.6. The van der Waals surface area contributed by atoms with Crippen molar-refractivity contribution in [1.82, 2.24) is 19.7 Å². The second-order valence-electron chi connectivity index (χ2n) is 6.06. The predicted octanol–water partition coefficient (Wildman–Crippen LogP) is 3.44. The molecule has 13 heteroatoms. The highest BCUT2D eigenvalue weighted by Gasteiger charge is 2.33. The van der Waals surface area contributed by atoms with Gasteiger partial charge in [-0.15, -0.1) is 13.2 Å². The minimum atomic E-state index is -4.87. The van der Waals surface area contributed by atoms with Crippen molar-refractivity contribution in [3.63, 3.8) is 0 Å². The summed E-state index contributed by atoms with van der Waals surface area (Å²) in [6.07, 6.45) is -11.0. The first-order valence-corrected chi connectivity index (χ1v) is 7.97. The van der Waals surface area contributed by atoms with Crippen molar-refractivity contribution in [2.24, 2.45) is 0 Å². The van der Waals surface area contributed by atoms with E-state index in [1.165, 1.54) is 19.1 Å². The number of ether oxygens (including phenoxy) is 1. The standard InChI is InChI=1S/C16H12F6N4O3/c1-7(8-2-4-9(5-3-8)29-16(20,21)22)26-12-11(13(27)24-14(28)23-12)10(25-26)6-15(17,18)19/h2-5,7H,6H2,1H3,(H2,23,24,27,28). The summed E-state index contributed by atoms with van der Waals surface area (Å²) in [5, 5.41) is 12.9. The Balaban J connectivity index is 2.05. The van der Waals surface area contributed by atoms with Gasteiger partial charge in [-0.25, -0.2) is 4.68 Å². The maximum absolute atomic E-state index is 12.9. The summed E-state index contributed by atoms with van der Waals surface area (Å²) >= 11 is 0. The second kappa shape index (κ2) is 6.97. The van der Waals surface area contributed by atoms with Crippen LogP contribution in [0.15, 0.2) is 29.1 Å². The molecule has 7 nitrogen and oxygen atoms in total. The maximum atomic E-state index is 12.9. The van der Waals surface area contributed by atoms with Gasteiger partial charge in [-0.2, -0.15) is 23.3 Å². The van der Waals surface area contributed by atoms with Gasteiger partial charge in [0.25, 0.3) is 11.6 Å². The van der Waals surface area contributed by atoms with E-state index in [4.69, 9.17) is 0 Å². The molecule has 1 atom stereocenters. The number of halogens is 6. The van der Waals surface area contributed by atoms with Gasteiger partial charge in [0.1, 0.15) is 11.1 Å². The SMILES string of the molecule is CC(c1ccc(OC(F)(F)F)cc1)n1nc(CC(F)(F)F)c2c(=O)[nH]c(O)nc21. The van der Waals surface area contributed by atoms with Crippen LogP contribution in [0.4, 0.5) is 26.3 Å². The molecule has 0 aliphatic rings. The van der Waals surface area contributed by atoms with Crippen LogP contribution in [-0.2, 0) is 6.42 Å². The molecule has 0 aliphatic carbocycles. The Labute approximate surface area is 157 Å². The minimum Gasteiger partial charge on any atom is -0.480 e. The molecule has 0 radical (unpaired) electrons. The predicted molar refractivity (Wildman–Crippen MR) is 86.5 cm³/mol. The third-order valence-corrected chi connectivity index (χ3v) is 3.95. The average Bonchev–Trinajstić information content (AvgIpc) is 2.90. The van der Waals surface area contributed by atoms with Crippen LogP contribution in [0.3, 0.4) is 0 Å². The van der Waals surface area contributed by atoms with Crippen molar-refractivity contribution in [2.45, 2.75) is 31.9 Å². The zero-order chi connectivity index (χ0) is 21.6. The van der Waals surface area contributed by atoms with Gasteiger partial charge >= 0.3 is 12.5 Å². The Morgan fingerprint density at radius 1 is 1.17 bits per heavy atom. The van der Waals surface area contributed by atoms with Gasteiger partial charge in [-0.3, -0.25) is 9.78 Å². The summed E-state index contributed by atoms with van der Waals surface area (Å²) in [6, 6.07) is 2.93. The summed E-state index contributed by atoms with van der Waals surface area (Å²) in [5.41, 5.74) is -1.54. The monoisotopic (exact) mass is 422 g/mol. The van der Waals surface area contributed by atoms with Gasteiger partial charge in [0, 0.05) is 0 Å². The highest BCUT2D eigenvalue weighted by molar-refractivity contribution is 5.78. The van der Waals surface area contributed by atoms with E-state index in [0.29, 0.717) is 5.56 Å². The fourth-order valence-corrected chi connectivity index (χ4v) is 2.78. The highest BCUT2D eigenvalue weighted by Crippen LogP contribution is 2.29. The lowest BCUT2D eigenvalue weighted by Crippen LogP contribution is -2.17. The van der Waals surface area contributed by atoms with Crippen LogP contribution in [0.2, 0.25) is 0 Å². The molecule has 156 valence electrons. The molecule has 0 bridgehead atoms. The number of aromatic amines is 1. The molecule has 0 spiro atoms. The van der Waals surface area contributed by atoms with Gasteiger partial charge in [0.15, 0.2) is 5.65 Å². The van der Waals surface area contributed by atoms with Gasteiger partial charge in [0.2, 0.25) is 0 Å². The number of hydrogen-bond acceptors (Lipinski definition) is 5. The van der Waals surface area contributed by atoms with E-state index in [2.05, 4.69) is 14.8 Å². The van der Waals surface area contributed by atoms with Crippen LogP contribution < -0.4 is 10.3 Å². The van der Waals surface area contributed by atoms with E-state index >= 15 is 0 Å². The minimum absolute atomic E-state index is 0.298. The third-order valence-electron chi connectivity index (χ3n) is 3.95. The number of benzene rings is 1. The van der Waals surface area contributed by atoms with E-state index in [9.17, 15) is 36.2 Å². The Morgan fingerprint density at radius 3 is 2.34 bits per heavy atom. The molecule has 0 saturated heterocycles. The molecule has 29 heavy (non-hydrogen) atoms. The van der Waals surface area contributed by atoms with Gasteiger partial charge in [-0.1, -0.05) is 12.1 Å². The fraction of sp³-hybridized carbons (Fsp3) is 0.312. The van der Waals surface area contributed by atoms with Gasteiger partial charge < -0.3 is 9.84 Å². The normalized spacial score (nSPS) is 13.6. The fourth-order valence-electron chi connectivity index (χ4n) is 2.78. The lowest BCUT2D eigenvalue weighted by Gasteiger charge is -2.15. The lowest BCUT2D eigenvalue weighted by molar-refractivity contribution is -0.274. The number of aromatic nitrogens is 4. The number of nitrogens with one attached hydrogen (secondary N) is 1. The number of rotatable bonds is 4. The first-order chi connectivity index (χ1) is 13.3. The largest absolute Gasteiger partial charge is 0.573 e. The molecular formula is C16H12F6N4O3. The molecular weight excluding hydrogens is 410 g/mol. The number of nitrogens with zero attached hydrogens (tertiary/aromatic N) is 3. The molecule has 3 aromatic rings. The number of H-pyrrole nitrogens is 1. The third kappa shape index (κ3) is 4.60. The van der Waals surface area contributed by atoms with E-state index in [1.54, 1.807) is 0 Å². The van der Waals surface area contributed by atoms with Crippen molar-refractivity contribution in [1.29, 1.82) is 0 Å². The van der Waals surface area contributed by atoms with Crippen molar-refractivity contribution in [3.8, 4) is 11.8 Å². The Bertz CT molecular complexity index is 1090. The summed E-state index contributed by atoms with van der Waals surface area (Å²) in [6.45, 7) is 1.49. The molecule has 3 rings (SSSR count). The Morgan fingerprint density at radius 2 is 1.79 bits per heavy atom. The Kier molecular flexibility index (Phi) is 4.92. The first-order valence-electron chi connectivity index (χ1n) is 7.97. The van der Waals surface area contributed by atoms with Crippen LogP contribution >= 0.6 is 0 Å². The number of hydrogen-bond donors (Lipinski definition) is 2. The quantitative estimate of drug-likeness (QED) is 0.629. The number of aromatic hydroxyl groups is 1. The van der Waals surface area contributed by atoms with Crippen LogP contribution in [0, 0.1) is 0 Å². The van der Waals surface area contributed by atoms with E-state index in [1.807, 2.05) is 4.98 Å². The first kappa shape index (κ1) is 20.5. The Hall–Kier alpha value is -3.25. The summed E-state index contributed by atoms with van der Waals surface area (Å²) in [7, 11) is 0. The highest BCUT2D eigenvalue weighted by atomic mass is 19.4. The van der Waals surface area contributed by atoms with Crippen LogP contribution in [-0.4, -0.2) is 37.4 Å². The zero-order valence-electron chi connectivity index (χ0n) is 14.5. The van der Waals surface area contributed by atoms with Crippen molar-refractivity contribution >= 4 is 11.0 Å². The molecule has 1 aromatic carbocycles. The maximum Gasteiger partial charge on any atom is 0.573 e. The lowest BCUT2D eigenvalue weighted by atomic mass is 10.1. The molecule has 0 amide bonds. The number of fused-ring (bicyclic) bond motifs is 1. The zero-order valence-corrected chi connectivity index (χ0v) is 14.5. The van der Waals surface area contributed by atoms with Gasteiger partial charge in [0.05, 0.1) is 18.2 Å². The van der Waals surface area contributed by atoms with Gasteiger partial charge in [-0.05, 0) is 24.6 Å². The second-order valence-corrected chi connectivity index (χ2v) is 6.06. The van der Waals surface area contributed by atoms with Crippen LogP contribution in [0.1, 0.15) is 24.2 Å². The molecule has 1 unspecified atom stereocenters. The smallest absolute Gasteiger partial charge is 0.480 e. The summed E-state index contributed by atoms with van der Waals surface area (Å²) < 4.78 is 80.1. The molecule has 2 N–H and O–H groups in total.